The third kappa shape index (κ3) is 5.10. The highest BCUT2D eigenvalue weighted by atomic mass is 15.0. The molecule has 10 rings (SSSR count). The molecule has 0 radical (unpaired) electrons. The van der Waals surface area contributed by atoms with Gasteiger partial charge in [0.1, 0.15) is 0 Å². The number of rotatable bonds is 5. The minimum Gasteiger partial charge on any atom is -0.208 e. The van der Waals surface area contributed by atoms with Gasteiger partial charge in [-0.25, -0.2) is 15.0 Å². The average molecular weight is 662 g/mol. The van der Waals surface area contributed by atoms with E-state index in [1.165, 1.54) is 49.0 Å². The molecule has 3 heteroatoms. The van der Waals surface area contributed by atoms with E-state index in [-0.39, 0.29) is 0 Å². The first kappa shape index (κ1) is 29.9. The van der Waals surface area contributed by atoms with Gasteiger partial charge in [-0.1, -0.05) is 176 Å². The summed E-state index contributed by atoms with van der Waals surface area (Å²) in [5.74, 6) is 1.94. The lowest BCUT2D eigenvalue weighted by Gasteiger charge is -2.18. The maximum atomic E-state index is 5.17. The lowest BCUT2D eigenvalue weighted by molar-refractivity contribution is 1.08. The first-order chi connectivity index (χ1) is 25.8. The van der Waals surface area contributed by atoms with E-state index in [1.54, 1.807) is 0 Å². The Morgan fingerprint density at radius 2 is 0.712 bits per heavy atom. The highest BCUT2D eigenvalue weighted by Crippen LogP contribution is 2.44. The summed E-state index contributed by atoms with van der Waals surface area (Å²) in [4.78, 5) is 15.3. The Morgan fingerprint density at radius 1 is 0.250 bits per heavy atom. The third-order valence-electron chi connectivity index (χ3n) is 10.1. The summed E-state index contributed by atoms with van der Waals surface area (Å²) in [5.41, 5.74) is 7.65. The fourth-order valence-corrected chi connectivity index (χ4v) is 7.67. The zero-order chi connectivity index (χ0) is 34.4. The van der Waals surface area contributed by atoms with Crippen molar-refractivity contribution in [3.63, 3.8) is 0 Å². The van der Waals surface area contributed by atoms with E-state index in [2.05, 4.69) is 170 Å². The molecule has 3 nitrogen and oxygen atoms in total. The number of benzene rings is 9. The van der Waals surface area contributed by atoms with Gasteiger partial charge in [0.15, 0.2) is 17.5 Å². The molecule has 0 spiro atoms. The Balaban J connectivity index is 1.19. The van der Waals surface area contributed by atoms with Crippen molar-refractivity contribution in [1.29, 1.82) is 0 Å². The van der Waals surface area contributed by atoms with Gasteiger partial charge in [0.05, 0.1) is 0 Å². The van der Waals surface area contributed by atoms with Gasteiger partial charge < -0.3 is 0 Å². The molecule has 0 bridgehead atoms. The summed E-state index contributed by atoms with van der Waals surface area (Å²) in [6.45, 7) is 0. The minimum absolute atomic E-state index is 0.639. The maximum Gasteiger partial charge on any atom is 0.164 e. The summed E-state index contributed by atoms with van der Waals surface area (Å²) in [6.07, 6.45) is 0. The Labute approximate surface area is 301 Å². The minimum atomic E-state index is 0.639. The fraction of sp³-hybridized carbons (Fsp3) is 0. The van der Waals surface area contributed by atoms with Crippen LogP contribution in [0.3, 0.4) is 0 Å². The van der Waals surface area contributed by atoms with Crippen molar-refractivity contribution < 1.29 is 0 Å². The van der Waals surface area contributed by atoms with Crippen molar-refractivity contribution in [3.05, 3.63) is 188 Å². The average Bonchev–Trinajstić information content (AvgIpc) is 3.22. The van der Waals surface area contributed by atoms with Crippen LogP contribution in [-0.4, -0.2) is 15.0 Å². The van der Waals surface area contributed by atoms with Crippen molar-refractivity contribution in [2.45, 2.75) is 0 Å². The Bertz CT molecular complexity index is 2900. The molecule has 0 aliphatic carbocycles. The van der Waals surface area contributed by atoms with Crippen LogP contribution in [0.25, 0.3) is 99.5 Å². The number of fused-ring (bicyclic) bond motifs is 4. The van der Waals surface area contributed by atoms with Crippen molar-refractivity contribution in [3.8, 4) is 56.4 Å². The van der Waals surface area contributed by atoms with Gasteiger partial charge in [-0.3, -0.25) is 0 Å². The van der Waals surface area contributed by atoms with Gasteiger partial charge in [-0.2, -0.15) is 0 Å². The third-order valence-corrected chi connectivity index (χ3v) is 10.1. The van der Waals surface area contributed by atoms with Gasteiger partial charge in [-0.05, 0) is 77.5 Å². The summed E-state index contributed by atoms with van der Waals surface area (Å²) >= 11 is 0. The molecular weight excluding hydrogens is 631 g/mol. The standard InChI is InChI=1S/C49H31N3/c1-2-16-34(17-3-1)47-50-48(52-49(51-47)44-27-13-19-33-15-6-7-22-39(33)44)38-21-12-20-36(31-38)45-40-23-8-10-25-42(40)46(43-26-11-9-24-41(43)45)37-29-28-32-14-4-5-18-35(32)30-37/h1-31H. The van der Waals surface area contributed by atoms with Crippen molar-refractivity contribution in [2.75, 3.05) is 0 Å². The van der Waals surface area contributed by atoms with Crippen molar-refractivity contribution in [2.24, 2.45) is 0 Å². The molecule has 0 saturated carbocycles. The number of aromatic nitrogens is 3. The predicted octanol–water partition coefficient (Wildman–Crippen LogP) is 12.8. The van der Waals surface area contributed by atoms with Gasteiger partial charge >= 0.3 is 0 Å². The molecule has 1 heterocycles. The van der Waals surface area contributed by atoms with Crippen molar-refractivity contribution in [1.82, 2.24) is 15.0 Å². The van der Waals surface area contributed by atoms with Crippen LogP contribution in [0.1, 0.15) is 0 Å². The van der Waals surface area contributed by atoms with Crippen molar-refractivity contribution >= 4 is 43.1 Å². The number of hydrogen-bond acceptors (Lipinski definition) is 3. The fourth-order valence-electron chi connectivity index (χ4n) is 7.67. The summed E-state index contributed by atoms with van der Waals surface area (Å²) in [5, 5.41) is 9.60. The smallest absolute Gasteiger partial charge is 0.164 e. The van der Waals surface area contributed by atoms with Gasteiger partial charge in [-0.15, -0.1) is 0 Å². The second-order valence-corrected chi connectivity index (χ2v) is 13.2. The van der Waals surface area contributed by atoms with E-state index >= 15 is 0 Å². The lowest BCUT2D eigenvalue weighted by Crippen LogP contribution is -2.00. The first-order valence-corrected chi connectivity index (χ1v) is 17.6. The monoisotopic (exact) mass is 661 g/mol. The van der Waals surface area contributed by atoms with Gasteiger partial charge in [0.25, 0.3) is 0 Å². The van der Waals surface area contributed by atoms with Crippen LogP contribution >= 0.6 is 0 Å². The largest absolute Gasteiger partial charge is 0.208 e. The van der Waals surface area contributed by atoms with Gasteiger partial charge in [0, 0.05) is 16.7 Å². The molecule has 0 atom stereocenters. The second kappa shape index (κ2) is 12.4. The Hall–Kier alpha value is -6.97. The van der Waals surface area contributed by atoms with E-state index in [4.69, 9.17) is 15.0 Å². The summed E-state index contributed by atoms with van der Waals surface area (Å²) in [6, 6.07) is 66.5. The summed E-state index contributed by atoms with van der Waals surface area (Å²) < 4.78 is 0. The van der Waals surface area contributed by atoms with Crippen LogP contribution in [0.5, 0.6) is 0 Å². The zero-order valence-electron chi connectivity index (χ0n) is 28.2. The molecule has 0 aliphatic rings. The maximum absolute atomic E-state index is 5.17. The first-order valence-electron chi connectivity index (χ1n) is 17.6. The number of hydrogen-bond donors (Lipinski definition) is 0. The van der Waals surface area contributed by atoms with Gasteiger partial charge in [0.2, 0.25) is 0 Å². The molecule has 10 aromatic rings. The molecule has 0 fully saturated rings. The van der Waals surface area contributed by atoms with Crippen LogP contribution in [0.4, 0.5) is 0 Å². The van der Waals surface area contributed by atoms with Crippen LogP contribution in [0.2, 0.25) is 0 Å². The molecule has 242 valence electrons. The van der Waals surface area contributed by atoms with E-state index in [0.717, 1.165) is 33.0 Å². The molecule has 0 amide bonds. The molecule has 9 aromatic carbocycles. The molecule has 52 heavy (non-hydrogen) atoms. The molecule has 0 unspecified atom stereocenters. The predicted molar refractivity (Wildman–Crippen MR) is 217 cm³/mol. The Kier molecular flexibility index (Phi) is 7.14. The molecule has 0 N–H and O–H groups in total. The highest BCUT2D eigenvalue weighted by Gasteiger charge is 2.19. The Morgan fingerprint density at radius 3 is 1.40 bits per heavy atom. The highest BCUT2D eigenvalue weighted by molar-refractivity contribution is 6.21. The van der Waals surface area contributed by atoms with Crippen LogP contribution < -0.4 is 0 Å². The van der Waals surface area contributed by atoms with Crippen LogP contribution in [0, 0.1) is 0 Å². The van der Waals surface area contributed by atoms with E-state index < -0.39 is 0 Å². The van der Waals surface area contributed by atoms with Crippen LogP contribution in [-0.2, 0) is 0 Å². The summed E-state index contributed by atoms with van der Waals surface area (Å²) in [7, 11) is 0. The lowest BCUT2D eigenvalue weighted by atomic mass is 9.85. The second-order valence-electron chi connectivity index (χ2n) is 13.2. The quantitative estimate of drug-likeness (QED) is 0.172. The topological polar surface area (TPSA) is 38.7 Å². The molecule has 0 aliphatic heterocycles. The molecule has 1 aromatic heterocycles. The molecule has 0 saturated heterocycles. The SMILES string of the molecule is c1ccc(-c2nc(-c3cccc(-c4c5ccccc5c(-c5ccc6ccccc6c5)c5ccccc45)c3)nc(-c3cccc4ccccc34)n2)cc1. The van der Waals surface area contributed by atoms with E-state index in [9.17, 15) is 0 Å². The van der Waals surface area contributed by atoms with Crippen LogP contribution in [0.15, 0.2) is 188 Å². The number of nitrogens with zero attached hydrogens (tertiary/aromatic N) is 3. The van der Waals surface area contributed by atoms with E-state index in [0.29, 0.717) is 17.5 Å². The zero-order valence-corrected chi connectivity index (χ0v) is 28.2. The molecular formula is C49H31N3. The normalized spacial score (nSPS) is 11.5. The van der Waals surface area contributed by atoms with E-state index in [1.807, 2.05) is 18.2 Å².